The van der Waals surface area contributed by atoms with Crippen LogP contribution in [-0.4, -0.2) is 26.6 Å². The third kappa shape index (κ3) is 4.98. The van der Waals surface area contributed by atoms with E-state index >= 15 is 0 Å². The Balaban J connectivity index is 2.54. The van der Waals surface area contributed by atoms with Crippen molar-refractivity contribution in [1.29, 1.82) is 0 Å². The Morgan fingerprint density at radius 2 is 1.89 bits per heavy atom. The zero-order chi connectivity index (χ0) is 14.5. The molecule has 0 fully saturated rings. The molecule has 0 aromatic heterocycles. The van der Waals surface area contributed by atoms with E-state index in [1.807, 2.05) is 6.07 Å². The largest absolute Gasteiger partial charge is 0.354 e. The van der Waals surface area contributed by atoms with E-state index in [0.29, 0.717) is 5.56 Å². The first-order valence-electron chi connectivity index (χ1n) is 5.86. The van der Waals surface area contributed by atoms with Gasteiger partial charge >= 0.3 is 0 Å². The Bertz CT molecular complexity index is 526. The summed E-state index contributed by atoms with van der Waals surface area (Å²) in [5.74, 6) is -0.520. The van der Waals surface area contributed by atoms with Gasteiger partial charge < -0.3 is 11.1 Å². The number of nitrogens with two attached hydrogens (primary N) is 2. The maximum absolute atomic E-state index is 12.0. The topological polar surface area (TPSA) is 115 Å². The highest BCUT2D eigenvalue weighted by Gasteiger charge is 2.29. The summed E-state index contributed by atoms with van der Waals surface area (Å²) in [7, 11) is -3.49. The minimum Gasteiger partial charge on any atom is -0.354 e. The predicted molar refractivity (Wildman–Crippen MR) is 73.6 cm³/mol. The fourth-order valence-electron chi connectivity index (χ4n) is 1.57. The van der Waals surface area contributed by atoms with E-state index in [1.165, 1.54) is 0 Å². The molecule has 0 heterocycles. The van der Waals surface area contributed by atoms with Crippen molar-refractivity contribution in [3.63, 3.8) is 0 Å². The number of carbonyl (C=O) groups excluding carboxylic acids is 1. The van der Waals surface area contributed by atoms with Crippen molar-refractivity contribution in [2.24, 2.45) is 10.9 Å². The number of hydrogen-bond donors (Lipinski definition) is 3. The van der Waals surface area contributed by atoms with Crippen LogP contribution in [0, 0.1) is 0 Å². The minimum atomic E-state index is -3.49. The van der Waals surface area contributed by atoms with Crippen LogP contribution in [0.5, 0.6) is 0 Å². The maximum Gasteiger partial charge on any atom is 0.244 e. The van der Waals surface area contributed by atoms with Crippen molar-refractivity contribution in [3.05, 3.63) is 35.9 Å². The maximum atomic E-state index is 12.0. The summed E-state index contributed by atoms with van der Waals surface area (Å²) in [4.78, 5) is 12.0. The molecule has 0 saturated carbocycles. The van der Waals surface area contributed by atoms with Gasteiger partial charge in [-0.1, -0.05) is 30.3 Å². The molecule has 6 nitrogen and oxygen atoms in total. The lowest BCUT2D eigenvalue weighted by molar-refractivity contribution is -0.126. The number of amides is 1. The standard InChI is InChI=1S/C12H19N3O3S/c1-12(13,10-6-3-2-4-7-10)11(16)15-8-5-9-19(14,17)18/h2-4,6-7H,5,8-9,13H2,1H3,(H,15,16)(H2,14,17,18). The number of primary sulfonamides is 1. The summed E-state index contributed by atoms with van der Waals surface area (Å²) in [5.41, 5.74) is 5.54. The predicted octanol–water partition coefficient (Wildman–Crippen LogP) is -0.345. The Hall–Kier alpha value is -1.44. The van der Waals surface area contributed by atoms with Gasteiger partial charge in [0.05, 0.1) is 5.75 Å². The summed E-state index contributed by atoms with van der Waals surface area (Å²) >= 11 is 0. The van der Waals surface area contributed by atoms with E-state index in [4.69, 9.17) is 10.9 Å². The molecular formula is C12H19N3O3S. The number of hydrogen-bond acceptors (Lipinski definition) is 4. The van der Waals surface area contributed by atoms with E-state index in [1.54, 1.807) is 31.2 Å². The van der Waals surface area contributed by atoms with Crippen LogP contribution < -0.4 is 16.2 Å². The first kappa shape index (κ1) is 15.6. The van der Waals surface area contributed by atoms with Gasteiger partial charge in [0.15, 0.2) is 0 Å². The molecule has 0 aliphatic carbocycles. The molecule has 0 aliphatic rings. The van der Waals surface area contributed by atoms with Gasteiger partial charge in [0, 0.05) is 6.54 Å². The monoisotopic (exact) mass is 285 g/mol. The van der Waals surface area contributed by atoms with Gasteiger partial charge in [-0.15, -0.1) is 0 Å². The molecule has 106 valence electrons. The second kappa shape index (κ2) is 6.14. The van der Waals surface area contributed by atoms with Crippen LogP contribution in [0.25, 0.3) is 0 Å². The zero-order valence-corrected chi connectivity index (χ0v) is 11.6. The molecule has 0 aliphatic heterocycles. The Labute approximate surface area is 113 Å². The minimum absolute atomic E-state index is 0.167. The van der Waals surface area contributed by atoms with Gasteiger partial charge in [-0.3, -0.25) is 4.79 Å². The van der Waals surface area contributed by atoms with Crippen LogP contribution in [0.15, 0.2) is 30.3 Å². The summed E-state index contributed by atoms with van der Waals surface area (Å²) in [6.45, 7) is 1.83. The van der Waals surface area contributed by atoms with Gasteiger partial charge in [-0.05, 0) is 18.9 Å². The Kier molecular flexibility index (Phi) is 5.04. The smallest absolute Gasteiger partial charge is 0.244 e. The molecule has 0 spiro atoms. The lowest BCUT2D eigenvalue weighted by Crippen LogP contribution is -2.49. The average molecular weight is 285 g/mol. The third-order valence-electron chi connectivity index (χ3n) is 2.74. The number of benzene rings is 1. The van der Waals surface area contributed by atoms with E-state index < -0.39 is 15.6 Å². The molecule has 0 radical (unpaired) electrons. The quantitative estimate of drug-likeness (QED) is 0.620. The molecule has 0 saturated heterocycles. The first-order chi connectivity index (χ1) is 8.73. The van der Waals surface area contributed by atoms with Crippen LogP contribution in [-0.2, 0) is 20.4 Å². The second-order valence-corrected chi connectivity index (χ2v) is 6.28. The van der Waals surface area contributed by atoms with Gasteiger partial charge in [0.2, 0.25) is 15.9 Å². The molecule has 1 aromatic rings. The highest BCUT2D eigenvalue weighted by molar-refractivity contribution is 7.89. The summed E-state index contributed by atoms with van der Waals surface area (Å²) < 4.78 is 21.5. The molecule has 19 heavy (non-hydrogen) atoms. The highest BCUT2D eigenvalue weighted by atomic mass is 32.2. The molecule has 1 aromatic carbocycles. The average Bonchev–Trinajstić information content (AvgIpc) is 2.34. The second-order valence-electron chi connectivity index (χ2n) is 4.54. The van der Waals surface area contributed by atoms with Gasteiger partial charge in [-0.2, -0.15) is 0 Å². The van der Waals surface area contributed by atoms with Crippen LogP contribution >= 0.6 is 0 Å². The van der Waals surface area contributed by atoms with Crippen molar-refractivity contribution in [2.75, 3.05) is 12.3 Å². The van der Waals surface area contributed by atoms with Crippen LogP contribution in [0.3, 0.4) is 0 Å². The van der Waals surface area contributed by atoms with Crippen molar-refractivity contribution in [1.82, 2.24) is 5.32 Å². The number of nitrogens with one attached hydrogen (secondary N) is 1. The normalized spacial score (nSPS) is 14.7. The number of carbonyl (C=O) groups is 1. The van der Waals surface area contributed by atoms with Gasteiger partial charge in [0.1, 0.15) is 5.54 Å². The summed E-state index contributed by atoms with van der Waals surface area (Å²) in [6, 6.07) is 8.97. The third-order valence-corrected chi connectivity index (χ3v) is 3.59. The van der Waals surface area contributed by atoms with E-state index in [9.17, 15) is 13.2 Å². The zero-order valence-electron chi connectivity index (χ0n) is 10.8. The fraction of sp³-hybridized carbons (Fsp3) is 0.417. The molecular weight excluding hydrogens is 266 g/mol. The number of sulfonamides is 1. The van der Waals surface area contributed by atoms with Crippen molar-refractivity contribution in [3.8, 4) is 0 Å². The molecule has 5 N–H and O–H groups in total. The van der Waals surface area contributed by atoms with E-state index in [-0.39, 0.29) is 24.6 Å². The summed E-state index contributed by atoms with van der Waals surface area (Å²) in [5, 5.41) is 7.47. The Morgan fingerprint density at radius 1 is 1.32 bits per heavy atom. The molecule has 0 bridgehead atoms. The molecule has 7 heteroatoms. The molecule has 1 amide bonds. The number of rotatable bonds is 6. The molecule has 1 rings (SSSR count). The first-order valence-corrected chi connectivity index (χ1v) is 7.58. The SMILES string of the molecule is CC(N)(C(=O)NCCCS(N)(=O)=O)c1ccccc1. The lowest BCUT2D eigenvalue weighted by atomic mass is 9.92. The van der Waals surface area contributed by atoms with Gasteiger partial charge in [-0.25, -0.2) is 13.6 Å². The van der Waals surface area contributed by atoms with Gasteiger partial charge in [0.25, 0.3) is 0 Å². The van der Waals surface area contributed by atoms with Crippen LogP contribution in [0.2, 0.25) is 0 Å². The molecule has 1 unspecified atom stereocenters. The van der Waals surface area contributed by atoms with Crippen molar-refractivity contribution < 1.29 is 13.2 Å². The van der Waals surface area contributed by atoms with E-state index in [2.05, 4.69) is 5.32 Å². The summed E-state index contributed by atoms with van der Waals surface area (Å²) in [6.07, 6.45) is 0.259. The van der Waals surface area contributed by atoms with Crippen molar-refractivity contribution in [2.45, 2.75) is 18.9 Å². The Morgan fingerprint density at radius 3 is 2.42 bits per heavy atom. The lowest BCUT2D eigenvalue weighted by Gasteiger charge is -2.24. The fourth-order valence-corrected chi connectivity index (χ4v) is 2.12. The van der Waals surface area contributed by atoms with Crippen LogP contribution in [0.4, 0.5) is 0 Å². The molecule has 1 atom stereocenters. The van der Waals surface area contributed by atoms with E-state index in [0.717, 1.165) is 0 Å². The highest BCUT2D eigenvalue weighted by Crippen LogP contribution is 2.17. The van der Waals surface area contributed by atoms with Crippen molar-refractivity contribution >= 4 is 15.9 Å². The van der Waals surface area contributed by atoms with Crippen LogP contribution in [0.1, 0.15) is 18.9 Å².